The van der Waals surface area contributed by atoms with Crippen LogP contribution in [0.3, 0.4) is 0 Å². The van der Waals surface area contributed by atoms with E-state index >= 15 is 0 Å². The monoisotopic (exact) mass is 367 g/mol. The van der Waals surface area contributed by atoms with Gasteiger partial charge in [0.2, 0.25) is 0 Å². The van der Waals surface area contributed by atoms with Crippen molar-refractivity contribution >= 4 is 23.4 Å². The summed E-state index contributed by atoms with van der Waals surface area (Å²) in [6, 6.07) is 20.0. The number of rotatable bonds is 5. The second-order valence-electron chi connectivity index (χ2n) is 5.51. The van der Waals surface area contributed by atoms with Crippen molar-refractivity contribution in [1.82, 2.24) is 10.3 Å². The number of anilines is 1. The molecule has 0 aliphatic heterocycles. The van der Waals surface area contributed by atoms with Crippen LogP contribution >= 0.6 is 11.6 Å². The number of pyridine rings is 1. The molecule has 2 amide bonds. The van der Waals surface area contributed by atoms with Gasteiger partial charge in [-0.15, -0.1) is 0 Å². The van der Waals surface area contributed by atoms with Crippen molar-refractivity contribution in [3.05, 3.63) is 77.3 Å². The average Bonchev–Trinajstić information content (AvgIpc) is 2.67. The highest BCUT2D eigenvalue weighted by molar-refractivity contribution is 6.31. The standard InChI is InChI=1S/C20H18ClN3O2/c1-26-18-11-5-3-8-15(18)17-10-6-12-19(23-17)24-20(25)22-13-14-7-2-4-9-16(14)21/h2-12H,13H2,1H3,(H2,22,23,24,25). The van der Waals surface area contributed by atoms with Gasteiger partial charge in [0.25, 0.3) is 0 Å². The van der Waals surface area contributed by atoms with Gasteiger partial charge >= 0.3 is 6.03 Å². The van der Waals surface area contributed by atoms with E-state index in [1.165, 1.54) is 0 Å². The van der Waals surface area contributed by atoms with Gasteiger partial charge in [0.05, 0.1) is 12.8 Å². The van der Waals surface area contributed by atoms with Crippen molar-refractivity contribution in [2.75, 3.05) is 12.4 Å². The quantitative estimate of drug-likeness (QED) is 0.685. The number of aromatic nitrogens is 1. The van der Waals surface area contributed by atoms with Crippen LogP contribution in [0.4, 0.5) is 10.6 Å². The minimum absolute atomic E-state index is 0.331. The van der Waals surface area contributed by atoms with E-state index < -0.39 is 0 Å². The Bertz CT molecular complexity index is 915. The van der Waals surface area contributed by atoms with Gasteiger partial charge in [0.15, 0.2) is 0 Å². The number of methoxy groups -OCH3 is 1. The molecule has 0 spiro atoms. The summed E-state index contributed by atoms with van der Waals surface area (Å²) in [4.78, 5) is 16.6. The second-order valence-corrected chi connectivity index (χ2v) is 5.91. The number of para-hydroxylation sites is 1. The zero-order valence-electron chi connectivity index (χ0n) is 14.2. The number of hydrogen-bond donors (Lipinski definition) is 2. The fourth-order valence-electron chi connectivity index (χ4n) is 2.49. The Morgan fingerprint density at radius 1 is 1.04 bits per heavy atom. The molecule has 1 heterocycles. The van der Waals surface area contributed by atoms with Crippen LogP contribution in [0, 0.1) is 0 Å². The largest absolute Gasteiger partial charge is 0.496 e. The van der Waals surface area contributed by atoms with E-state index in [0.717, 1.165) is 16.9 Å². The Balaban J connectivity index is 1.69. The lowest BCUT2D eigenvalue weighted by molar-refractivity contribution is 0.251. The van der Waals surface area contributed by atoms with Crippen LogP contribution in [0.2, 0.25) is 5.02 Å². The lowest BCUT2D eigenvalue weighted by atomic mass is 10.1. The minimum atomic E-state index is -0.352. The molecule has 2 aromatic carbocycles. The number of urea groups is 1. The third-order valence-electron chi connectivity index (χ3n) is 3.77. The summed E-state index contributed by atoms with van der Waals surface area (Å²) < 4.78 is 5.37. The third kappa shape index (κ3) is 4.32. The van der Waals surface area contributed by atoms with Crippen LogP contribution in [0.5, 0.6) is 5.75 Å². The number of carbonyl (C=O) groups excluding carboxylic acids is 1. The normalized spacial score (nSPS) is 10.2. The zero-order chi connectivity index (χ0) is 18.4. The number of hydrogen-bond acceptors (Lipinski definition) is 3. The molecule has 3 rings (SSSR count). The number of carbonyl (C=O) groups is 1. The molecule has 26 heavy (non-hydrogen) atoms. The van der Waals surface area contributed by atoms with Crippen LogP contribution < -0.4 is 15.4 Å². The summed E-state index contributed by atoms with van der Waals surface area (Å²) in [6.45, 7) is 0.331. The summed E-state index contributed by atoms with van der Waals surface area (Å²) in [5.74, 6) is 1.17. The number of amides is 2. The molecule has 2 N–H and O–H groups in total. The molecule has 5 nitrogen and oxygen atoms in total. The number of benzene rings is 2. The van der Waals surface area contributed by atoms with Gasteiger partial charge in [-0.05, 0) is 35.9 Å². The highest BCUT2D eigenvalue weighted by Crippen LogP contribution is 2.28. The van der Waals surface area contributed by atoms with Crippen LogP contribution in [0.25, 0.3) is 11.3 Å². The summed E-state index contributed by atoms with van der Waals surface area (Å²) in [7, 11) is 1.61. The zero-order valence-corrected chi connectivity index (χ0v) is 15.0. The van der Waals surface area contributed by atoms with E-state index in [4.69, 9.17) is 16.3 Å². The van der Waals surface area contributed by atoms with Crippen molar-refractivity contribution in [3.63, 3.8) is 0 Å². The molecule has 3 aromatic rings. The summed E-state index contributed by atoms with van der Waals surface area (Å²) in [5.41, 5.74) is 2.42. The van der Waals surface area contributed by atoms with E-state index in [-0.39, 0.29) is 6.03 Å². The molecule has 132 valence electrons. The second kappa shape index (κ2) is 8.36. The molecule has 0 unspecified atom stereocenters. The molecule has 0 saturated heterocycles. The van der Waals surface area contributed by atoms with Crippen molar-refractivity contribution < 1.29 is 9.53 Å². The van der Waals surface area contributed by atoms with E-state index in [9.17, 15) is 4.79 Å². The van der Waals surface area contributed by atoms with Crippen molar-refractivity contribution in [3.8, 4) is 17.0 Å². The predicted molar refractivity (Wildman–Crippen MR) is 104 cm³/mol. The molecule has 0 aliphatic carbocycles. The molecule has 6 heteroatoms. The van der Waals surface area contributed by atoms with Crippen LogP contribution in [-0.2, 0) is 6.54 Å². The van der Waals surface area contributed by atoms with Gasteiger partial charge in [-0.3, -0.25) is 5.32 Å². The van der Waals surface area contributed by atoms with Crippen molar-refractivity contribution in [2.45, 2.75) is 6.54 Å². The molecule has 0 bridgehead atoms. The van der Waals surface area contributed by atoms with Gasteiger partial charge in [-0.25, -0.2) is 9.78 Å². The maximum absolute atomic E-state index is 12.1. The fraction of sp³-hybridized carbons (Fsp3) is 0.100. The maximum Gasteiger partial charge on any atom is 0.320 e. The lowest BCUT2D eigenvalue weighted by Crippen LogP contribution is -2.28. The Hall–Kier alpha value is -3.05. The SMILES string of the molecule is COc1ccccc1-c1cccc(NC(=O)NCc2ccccc2Cl)n1. The summed E-state index contributed by atoms with van der Waals surface area (Å²) in [5, 5.41) is 6.12. The smallest absolute Gasteiger partial charge is 0.320 e. The number of halogens is 1. The van der Waals surface area contributed by atoms with Gasteiger partial charge < -0.3 is 10.1 Å². The molecule has 0 saturated carbocycles. The van der Waals surface area contributed by atoms with Crippen molar-refractivity contribution in [1.29, 1.82) is 0 Å². The molecular weight excluding hydrogens is 350 g/mol. The van der Waals surface area contributed by atoms with E-state index in [0.29, 0.717) is 23.1 Å². The molecule has 0 aliphatic rings. The number of ether oxygens (including phenoxy) is 1. The Morgan fingerprint density at radius 2 is 1.81 bits per heavy atom. The first-order valence-electron chi connectivity index (χ1n) is 8.06. The summed E-state index contributed by atoms with van der Waals surface area (Å²) in [6.07, 6.45) is 0. The van der Waals surface area contributed by atoms with Gasteiger partial charge in [-0.1, -0.05) is 48.0 Å². The van der Waals surface area contributed by atoms with Crippen LogP contribution in [0.15, 0.2) is 66.7 Å². The third-order valence-corrected chi connectivity index (χ3v) is 4.14. The highest BCUT2D eigenvalue weighted by atomic mass is 35.5. The Morgan fingerprint density at radius 3 is 2.62 bits per heavy atom. The van der Waals surface area contributed by atoms with E-state index in [2.05, 4.69) is 15.6 Å². The molecular formula is C20H18ClN3O2. The number of nitrogens with one attached hydrogen (secondary N) is 2. The van der Waals surface area contributed by atoms with Crippen LogP contribution in [0.1, 0.15) is 5.56 Å². The molecule has 1 aromatic heterocycles. The van der Waals surface area contributed by atoms with Gasteiger partial charge in [0, 0.05) is 17.1 Å². The first kappa shape index (κ1) is 17.8. The maximum atomic E-state index is 12.1. The number of nitrogens with zero attached hydrogens (tertiary/aromatic N) is 1. The predicted octanol–water partition coefficient (Wildman–Crippen LogP) is 4.73. The molecule has 0 atom stereocenters. The highest BCUT2D eigenvalue weighted by Gasteiger charge is 2.09. The Kier molecular flexibility index (Phi) is 5.71. The van der Waals surface area contributed by atoms with Crippen LogP contribution in [-0.4, -0.2) is 18.1 Å². The topological polar surface area (TPSA) is 63.2 Å². The lowest BCUT2D eigenvalue weighted by Gasteiger charge is -2.11. The van der Waals surface area contributed by atoms with E-state index in [1.807, 2.05) is 54.6 Å². The van der Waals surface area contributed by atoms with E-state index in [1.54, 1.807) is 19.2 Å². The van der Waals surface area contributed by atoms with Gasteiger partial charge in [-0.2, -0.15) is 0 Å². The average molecular weight is 368 g/mol. The first-order valence-corrected chi connectivity index (χ1v) is 8.44. The molecule has 0 radical (unpaired) electrons. The fourth-order valence-corrected chi connectivity index (χ4v) is 2.69. The summed E-state index contributed by atoms with van der Waals surface area (Å²) >= 11 is 6.09. The van der Waals surface area contributed by atoms with Gasteiger partial charge in [0.1, 0.15) is 11.6 Å². The Labute approximate surface area is 157 Å². The first-order chi connectivity index (χ1) is 12.7. The molecule has 0 fully saturated rings. The minimum Gasteiger partial charge on any atom is -0.496 e. The van der Waals surface area contributed by atoms with Crippen molar-refractivity contribution in [2.24, 2.45) is 0 Å².